The lowest BCUT2D eigenvalue weighted by molar-refractivity contribution is 0.398. The van der Waals surface area contributed by atoms with E-state index in [2.05, 4.69) is 4.98 Å². The van der Waals surface area contributed by atoms with Gasteiger partial charge in [0.2, 0.25) is 10.0 Å². The number of nitrogens with zero attached hydrogens (tertiary/aromatic N) is 2. The van der Waals surface area contributed by atoms with E-state index in [0.717, 1.165) is 29.5 Å². The van der Waals surface area contributed by atoms with Gasteiger partial charge in [-0.2, -0.15) is 4.31 Å². The molecule has 1 heterocycles. The summed E-state index contributed by atoms with van der Waals surface area (Å²) in [6, 6.07) is 9.21. The van der Waals surface area contributed by atoms with Crippen molar-refractivity contribution in [1.29, 1.82) is 0 Å². The predicted molar refractivity (Wildman–Crippen MR) is 85.9 cm³/mol. The van der Waals surface area contributed by atoms with Gasteiger partial charge in [-0.3, -0.25) is 4.98 Å². The molecular formula is C17H20N2O2S. The number of sulfonamides is 1. The number of hydrogen-bond acceptors (Lipinski definition) is 3. The first-order chi connectivity index (χ1) is 10.5. The first-order valence-corrected chi connectivity index (χ1v) is 8.90. The molecule has 1 aromatic carbocycles. The predicted octanol–water partition coefficient (Wildman–Crippen LogP) is 3.05. The average molecular weight is 316 g/mol. The van der Waals surface area contributed by atoms with Crippen molar-refractivity contribution in [2.24, 2.45) is 0 Å². The zero-order valence-electron chi connectivity index (χ0n) is 12.9. The van der Waals surface area contributed by atoms with Crippen molar-refractivity contribution < 1.29 is 8.42 Å². The molecule has 0 N–H and O–H groups in total. The summed E-state index contributed by atoms with van der Waals surface area (Å²) in [5, 5.41) is 0. The monoisotopic (exact) mass is 316 g/mol. The van der Waals surface area contributed by atoms with E-state index in [1.54, 1.807) is 28.8 Å². The molecule has 0 unspecified atom stereocenters. The SMILES string of the molecule is Cc1ccc(S(=O)(=O)N(Cc2ccncc2)C2CC2)cc1C. The van der Waals surface area contributed by atoms with Crippen LogP contribution < -0.4 is 0 Å². The molecule has 116 valence electrons. The Labute approximate surface area is 131 Å². The zero-order valence-corrected chi connectivity index (χ0v) is 13.7. The van der Waals surface area contributed by atoms with Crippen molar-refractivity contribution in [3.8, 4) is 0 Å². The lowest BCUT2D eigenvalue weighted by Gasteiger charge is -2.22. The van der Waals surface area contributed by atoms with Gasteiger partial charge in [0.25, 0.3) is 0 Å². The molecule has 0 bridgehead atoms. The summed E-state index contributed by atoms with van der Waals surface area (Å²) in [5.74, 6) is 0. The molecule has 2 aromatic rings. The Morgan fingerprint density at radius 1 is 1.09 bits per heavy atom. The maximum atomic E-state index is 13.0. The van der Waals surface area contributed by atoms with Crippen molar-refractivity contribution >= 4 is 10.0 Å². The minimum Gasteiger partial charge on any atom is -0.265 e. The topological polar surface area (TPSA) is 50.3 Å². The van der Waals surface area contributed by atoms with Crippen LogP contribution in [0.3, 0.4) is 0 Å². The first kappa shape index (κ1) is 15.2. The number of rotatable bonds is 5. The molecule has 4 nitrogen and oxygen atoms in total. The van der Waals surface area contributed by atoms with E-state index in [9.17, 15) is 8.42 Å². The van der Waals surface area contributed by atoms with Crippen LogP contribution in [0.4, 0.5) is 0 Å². The smallest absolute Gasteiger partial charge is 0.243 e. The lowest BCUT2D eigenvalue weighted by atomic mass is 10.1. The van der Waals surface area contributed by atoms with Crippen LogP contribution in [0.2, 0.25) is 0 Å². The fourth-order valence-corrected chi connectivity index (χ4v) is 4.21. The second-order valence-corrected chi connectivity index (χ2v) is 7.77. The van der Waals surface area contributed by atoms with Gasteiger partial charge in [0.15, 0.2) is 0 Å². The quantitative estimate of drug-likeness (QED) is 0.852. The van der Waals surface area contributed by atoms with Gasteiger partial charge in [-0.25, -0.2) is 8.42 Å². The van der Waals surface area contributed by atoms with Crippen LogP contribution in [0.5, 0.6) is 0 Å². The molecule has 22 heavy (non-hydrogen) atoms. The van der Waals surface area contributed by atoms with Gasteiger partial charge in [0, 0.05) is 25.0 Å². The van der Waals surface area contributed by atoms with E-state index in [4.69, 9.17) is 0 Å². The third-order valence-corrected chi connectivity index (χ3v) is 6.02. The van der Waals surface area contributed by atoms with E-state index in [0.29, 0.717) is 11.4 Å². The number of benzene rings is 1. The molecule has 3 rings (SSSR count). The van der Waals surface area contributed by atoms with Crippen LogP contribution in [0.15, 0.2) is 47.6 Å². The molecular weight excluding hydrogens is 296 g/mol. The van der Waals surface area contributed by atoms with Crippen molar-refractivity contribution in [3.05, 3.63) is 59.4 Å². The standard InChI is InChI=1S/C17H20N2O2S/c1-13-3-6-17(11-14(13)2)22(20,21)19(16-4-5-16)12-15-7-9-18-10-8-15/h3,6-11,16H,4-5,12H2,1-2H3. The maximum Gasteiger partial charge on any atom is 0.243 e. The van der Waals surface area contributed by atoms with E-state index in [1.807, 2.05) is 32.0 Å². The Morgan fingerprint density at radius 3 is 2.36 bits per heavy atom. The van der Waals surface area contributed by atoms with Gasteiger partial charge in [-0.15, -0.1) is 0 Å². The summed E-state index contributed by atoms with van der Waals surface area (Å²) in [6.45, 7) is 4.34. The summed E-state index contributed by atoms with van der Waals surface area (Å²) < 4.78 is 27.6. The largest absolute Gasteiger partial charge is 0.265 e. The fraction of sp³-hybridized carbons (Fsp3) is 0.353. The second-order valence-electron chi connectivity index (χ2n) is 5.88. The van der Waals surface area contributed by atoms with Gasteiger partial charge in [-0.1, -0.05) is 6.07 Å². The molecule has 0 radical (unpaired) electrons. The van der Waals surface area contributed by atoms with Gasteiger partial charge in [-0.05, 0) is 67.6 Å². The number of hydrogen-bond donors (Lipinski definition) is 0. The number of aromatic nitrogens is 1. The molecule has 1 aliphatic rings. The molecule has 5 heteroatoms. The fourth-order valence-electron chi connectivity index (χ4n) is 2.45. The average Bonchev–Trinajstić information content (AvgIpc) is 3.33. The first-order valence-electron chi connectivity index (χ1n) is 7.46. The third-order valence-electron chi connectivity index (χ3n) is 4.13. The highest BCUT2D eigenvalue weighted by Gasteiger charge is 2.38. The zero-order chi connectivity index (χ0) is 15.7. The van der Waals surface area contributed by atoms with E-state index >= 15 is 0 Å². The number of aryl methyl sites for hydroxylation is 2. The van der Waals surface area contributed by atoms with Gasteiger partial charge < -0.3 is 0 Å². The minimum atomic E-state index is -3.46. The summed E-state index contributed by atoms with van der Waals surface area (Å²) in [7, 11) is -3.46. The van der Waals surface area contributed by atoms with E-state index in [1.165, 1.54) is 0 Å². The van der Waals surface area contributed by atoms with Crippen molar-refractivity contribution in [1.82, 2.24) is 9.29 Å². The third kappa shape index (κ3) is 3.05. The van der Waals surface area contributed by atoms with Gasteiger partial charge in [0.1, 0.15) is 0 Å². The molecule has 1 aromatic heterocycles. The second kappa shape index (κ2) is 5.82. The molecule has 0 spiro atoms. The van der Waals surface area contributed by atoms with Crippen LogP contribution in [-0.2, 0) is 16.6 Å². The minimum absolute atomic E-state index is 0.125. The molecule has 0 aliphatic heterocycles. The highest BCUT2D eigenvalue weighted by atomic mass is 32.2. The summed E-state index contributed by atoms with van der Waals surface area (Å²) >= 11 is 0. The Balaban J connectivity index is 1.94. The van der Waals surface area contributed by atoms with Gasteiger partial charge in [0.05, 0.1) is 4.90 Å². The normalized spacial score (nSPS) is 15.2. The van der Waals surface area contributed by atoms with Crippen LogP contribution in [-0.4, -0.2) is 23.7 Å². The Morgan fingerprint density at radius 2 is 1.77 bits per heavy atom. The van der Waals surface area contributed by atoms with E-state index < -0.39 is 10.0 Å². The van der Waals surface area contributed by atoms with Crippen LogP contribution in [0.25, 0.3) is 0 Å². The molecule has 1 fully saturated rings. The van der Waals surface area contributed by atoms with Crippen molar-refractivity contribution in [3.63, 3.8) is 0 Å². The summed E-state index contributed by atoms with van der Waals surface area (Å²) in [5.41, 5.74) is 3.07. The Kier molecular flexibility index (Phi) is 4.02. The number of pyridine rings is 1. The highest BCUT2D eigenvalue weighted by molar-refractivity contribution is 7.89. The summed E-state index contributed by atoms with van der Waals surface area (Å²) in [4.78, 5) is 4.37. The molecule has 0 atom stereocenters. The van der Waals surface area contributed by atoms with Crippen LogP contribution in [0, 0.1) is 13.8 Å². The molecule has 1 saturated carbocycles. The van der Waals surface area contributed by atoms with Crippen LogP contribution in [0.1, 0.15) is 29.5 Å². The van der Waals surface area contributed by atoms with Crippen molar-refractivity contribution in [2.75, 3.05) is 0 Å². The molecule has 0 saturated heterocycles. The lowest BCUT2D eigenvalue weighted by Crippen LogP contribution is -2.32. The molecule has 0 amide bonds. The maximum absolute atomic E-state index is 13.0. The van der Waals surface area contributed by atoms with Crippen molar-refractivity contribution in [2.45, 2.75) is 44.2 Å². The van der Waals surface area contributed by atoms with Gasteiger partial charge >= 0.3 is 0 Å². The summed E-state index contributed by atoms with van der Waals surface area (Å²) in [6.07, 6.45) is 5.27. The van der Waals surface area contributed by atoms with E-state index in [-0.39, 0.29) is 6.04 Å². The Bertz CT molecular complexity index is 769. The van der Waals surface area contributed by atoms with Crippen LogP contribution >= 0.6 is 0 Å². The highest BCUT2D eigenvalue weighted by Crippen LogP contribution is 2.33. The Hall–Kier alpha value is -1.72. The molecule has 1 aliphatic carbocycles.